The molecule has 184 valence electrons. The quantitative estimate of drug-likeness (QED) is 0.379. The highest BCUT2D eigenvalue weighted by Crippen LogP contribution is 2.23. The molecule has 3 aromatic carbocycles. The molecule has 1 atom stereocenters. The molecule has 0 unspecified atom stereocenters. The largest absolute Gasteiger partial charge is 0.482 e. The zero-order valence-corrected chi connectivity index (χ0v) is 20.2. The fourth-order valence-corrected chi connectivity index (χ4v) is 3.71. The Labute approximate surface area is 209 Å². The van der Waals surface area contributed by atoms with Crippen molar-refractivity contribution < 1.29 is 23.5 Å². The number of carbonyl (C=O) groups is 2. The summed E-state index contributed by atoms with van der Waals surface area (Å²) >= 11 is 6.16. The number of benzene rings is 3. The van der Waals surface area contributed by atoms with Crippen LogP contribution in [0.15, 0.2) is 78.9 Å². The van der Waals surface area contributed by atoms with E-state index in [1.165, 1.54) is 17.0 Å². The Hall–Kier alpha value is -3.42. The van der Waals surface area contributed by atoms with Crippen molar-refractivity contribution in [1.82, 2.24) is 10.2 Å². The summed E-state index contributed by atoms with van der Waals surface area (Å²) < 4.78 is 24.2. The van der Waals surface area contributed by atoms with Crippen LogP contribution in [-0.2, 0) is 27.3 Å². The maximum atomic E-state index is 13.5. The number of amides is 2. The standard InChI is InChI=1S/C27H28ClFN2O4/c1-34-16-15-30-27(33)24(17-20-7-3-2-4-8-20)31(18-21-11-13-22(29)14-12-21)26(32)19-35-25-10-6-5-9-23(25)28/h2-14,24H,15-19H2,1H3,(H,30,33)/t24-/m0/s1. The molecule has 0 heterocycles. The average molecular weight is 499 g/mol. The molecular formula is C27H28ClFN2O4. The Kier molecular flexibility index (Phi) is 10.1. The lowest BCUT2D eigenvalue weighted by molar-refractivity contribution is -0.142. The van der Waals surface area contributed by atoms with Gasteiger partial charge in [-0.15, -0.1) is 0 Å². The minimum atomic E-state index is -0.832. The molecular weight excluding hydrogens is 471 g/mol. The van der Waals surface area contributed by atoms with Gasteiger partial charge >= 0.3 is 0 Å². The van der Waals surface area contributed by atoms with Crippen LogP contribution in [0.3, 0.4) is 0 Å². The summed E-state index contributed by atoms with van der Waals surface area (Å²) in [5.41, 5.74) is 1.57. The molecule has 0 aliphatic heterocycles. The van der Waals surface area contributed by atoms with E-state index in [1.807, 2.05) is 30.3 Å². The van der Waals surface area contributed by atoms with Crippen LogP contribution in [-0.4, -0.2) is 49.6 Å². The number of rotatable bonds is 12. The lowest BCUT2D eigenvalue weighted by atomic mass is 10.0. The van der Waals surface area contributed by atoms with Crippen LogP contribution in [0.2, 0.25) is 5.02 Å². The van der Waals surface area contributed by atoms with Crippen LogP contribution >= 0.6 is 11.6 Å². The molecule has 6 nitrogen and oxygen atoms in total. The van der Waals surface area contributed by atoms with Gasteiger partial charge in [0.05, 0.1) is 11.6 Å². The van der Waals surface area contributed by atoms with Gasteiger partial charge < -0.3 is 19.7 Å². The van der Waals surface area contributed by atoms with Crippen LogP contribution in [0.25, 0.3) is 0 Å². The van der Waals surface area contributed by atoms with Gasteiger partial charge in [0.1, 0.15) is 17.6 Å². The summed E-state index contributed by atoms with van der Waals surface area (Å²) in [5.74, 6) is -0.739. The normalized spacial score (nSPS) is 11.5. The molecule has 0 radical (unpaired) electrons. The maximum Gasteiger partial charge on any atom is 0.261 e. The predicted molar refractivity (Wildman–Crippen MR) is 133 cm³/mol. The molecule has 0 aliphatic carbocycles. The monoisotopic (exact) mass is 498 g/mol. The third kappa shape index (κ3) is 8.09. The average Bonchev–Trinajstić information content (AvgIpc) is 2.87. The molecule has 1 N–H and O–H groups in total. The number of carbonyl (C=O) groups excluding carboxylic acids is 2. The van der Waals surface area contributed by atoms with E-state index < -0.39 is 11.9 Å². The summed E-state index contributed by atoms with van der Waals surface area (Å²) in [6.07, 6.45) is 0.290. The number of nitrogens with one attached hydrogen (secondary N) is 1. The molecule has 2 amide bonds. The van der Waals surface area contributed by atoms with Crippen molar-refractivity contribution in [3.05, 3.63) is 101 Å². The first kappa shape index (κ1) is 26.2. The van der Waals surface area contributed by atoms with Crippen LogP contribution in [0, 0.1) is 5.82 Å². The van der Waals surface area contributed by atoms with E-state index in [9.17, 15) is 14.0 Å². The lowest BCUT2D eigenvalue weighted by Gasteiger charge is -2.31. The van der Waals surface area contributed by atoms with Crippen molar-refractivity contribution in [2.24, 2.45) is 0 Å². The first-order chi connectivity index (χ1) is 17.0. The van der Waals surface area contributed by atoms with Crippen molar-refractivity contribution in [1.29, 1.82) is 0 Å². The number of nitrogens with zero attached hydrogens (tertiary/aromatic N) is 1. The molecule has 0 fully saturated rings. The zero-order valence-electron chi connectivity index (χ0n) is 19.5. The summed E-state index contributed by atoms with van der Waals surface area (Å²) in [5, 5.41) is 3.22. The Morgan fingerprint density at radius 1 is 0.971 bits per heavy atom. The van der Waals surface area contributed by atoms with E-state index in [4.69, 9.17) is 21.1 Å². The van der Waals surface area contributed by atoms with Gasteiger partial charge in [-0.2, -0.15) is 0 Å². The van der Waals surface area contributed by atoms with Gasteiger partial charge in [0.2, 0.25) is 5.91 Å². The van der Waals surface area contributed by atoms with E-state index in [0.717, 1.165) is 5.56 Å². The van der Waals surface area contributed by atoms with Crippen LogP contribution in [0.5, 0.6) is 5.75 Å². The van der Waals surface area contributed by atoms with Crippen molar-refractivity contribution in [3.63, 3.8) is 0 Å². The fraction of sp³-hybridized carbons (Fsp3) is 0.259. The molecule has 3 aromatic rings. The highest BCUT2D eigenvalue weighted by molar-refractivity contribution is 6.32. The molecule has 0 aromatic heterocycles. The fourth-order valence-electron chi connectivity index (χ4n) is 3.52. The first-order valence-electron chi connectivity index (χ1n) is 11.2. The van der Waals surface area contributed by atoms with Crippen molar-refractivity contribution in [3.8, 4) is 5.75 Å². The second-order valence-electron chi connectivity index (χ2n) is 7.86. The second kappa shape index (κ2) is 13.5. The van der Waals surface area contributed by atoms with E-state index in [0.29, 0.717) is 35.9 Å². The number of ether oxygens (including phenoxy) is 2. The number of methoxy groups -OCH3 is 1. The highest BCUT2D eigenvalue weighted by atomic mass is 35.5. The highest BCUT2D eigenvalue weighted by Gasteiger charge is 2.30. The maximum absolute atomic E-state index is 13.5. The van der Waals surface area contributed by atoms with Gasteiger partial charge in [-0.3, -0.25) is 9.59 Å². The van der Waals surface area contributed by atoms with Crippen molar-refractivity contribution >= 4 is 23.4 Å². The van der Waals surface area contributed by atoms with Crippen molar-refractivity contribution in [2.75, 3.05) is 26.9 Å². The molecule has 0 spiro atoms. The molecule has 0 saturated heterocycles. The number of halogens is 2. The third-order valence-corrected chi connectivity index (χ3v) is 5.64. The minimum absolute atomic E-state index is 0.0974. The van der Waals surface area contributed by atoms with E-state index in [1.54, 1.807) is 43.5 Å². The van der Waals surface area contributed by atoms with Gasteiger partial charge in [0.15, 0.2) is 6.61 Å². The van der Waals surface area contributed by atoms with Crippen molar-refractivity contribution in [2.45, 2.75) is 19.0 Å². The van der Waals surface area contributed by atoms with E-state index >= 15 is 0 Å². The smallest absolute Gasteiger partial charge is 0.261 e. The number of para-hydroxylation sites is 1. The molecule has 8 heteroatoms. The minimum Gasteiger partial charge on any atom is -0.482 e. The second-order valence-corrected chi connectivity index (χ2v) is 8.26. The number of hydrogen-bond acceptors (Lipinski definition) is 4. The molecule has 3 rings (SSSR count). The third-order valence-electron chi connectivity index (χ3n) is 5.33. The van der Waals surface area contributed by atoms with Gasteiger partial charge in [-0.1, -0.05) is 66.2 Å². The van der Waals surface area contributed by atoms with Crippen LogP contribution < -0.4 is 10.1 Å². The van der Waals surface area contributed by atoms with Gasteiger partial charge in [0.25, 0.3) is 5.91 Å². The van der Waals surface area contributed by atoms with Crippen LogP contribution in [0.1, 0.15) is 11.1 Å². The molecule has 0 bridgehead atoms. The first-order valence-corrected chi connectivity index (χ1v) is 11.6. The molecule has 0 saturated carbocycles. The topological polar surface area (TPSA) is 67.9 Å². The SMILES string of the molecule is COCCNC(=O)[C@H](Cc1ccccc1)N(Cc1ccc(F)cc1)C(=O)COc1ccccc1Cl. The Morgan fingerprint density at radius 3 is 2.34 bits per heavy atom. The van der Waals surface area contributed by atoms with E-state index in [-0.39, 0.29) is 24.9 Å². The van der Waals surface area contributed by atoms with Crippen LogP contribution in [0.4, 0.5) is 4.39 Å². The summed E-state index contributed by atoms with van der Waals surface area (Å²) in [6, 6.07) is 21.3. The Bertz CT molecular complexity index is 1100. The predicted octanol–water partition coefficient (Wildman–Crippen LogP) is 4.26. The molecule has 35 heavy (non-hydrogen) atoms. The van der Waals surface area contributed by atoms with E-state index in [2.05, 4.69) is 5.32 Å². The zero-order chi connectivity index (χ0) is 25.0. The summed E-state index contributed by atoms with van der Waals surface area (Å²) in [4.78, 5) is 28.2. The van der Waals surface area contributed by atoms with Gasteiger partial charge in [0, 0.05) is 26.6 Å². The van der Waals surface area contributed by atoms with Gasteiger partial charge in [-0.25, -0.2) is 4.39 Å². The summed E-state index contributed by atoms with van der Waals surface area (Å²) in [7, 11) is 1.55. The summed E-state index contributed by atoms with van der Waals surface area (Å²) in [6.45, 7) is 0.419. The Balaban J connectivity index is 1.88. The van der Waals surface area contributed by atoms with Gasteiger partial charge in [-0.05, 0) is 35.4 Å². The lowest BCUT2D eigenvalue weighted by Crippen LogP contribution is -2.52. The number of hydrogen-bond donors (Lipinski definition) is 1. The molecule has 0 aliphatic rings. The Morgan fingerprint density at radius 2 is 1.66 bits per heavy atom.